The van der Waals surface area contributed by atoms with Gasteiger partial charge in [-0.25, -0.2) is 4.79 Å². The van der Waals surface area contributed by atoms with E-state index in [1.54, 1.807) is 6.92 Å². The molecular formula is C7H12O4. The van der Waals surface area contributed by atoms with Crippen LogP contribution in [0.5, 0.6) is 0 Å². The zero-order valence-electron chi connectivity index (χ0n) is 6.66. The minimum atomic E-state index is -1.07. The van der Waals surface area contributed by atoms with Crippen molar-refractivity contribution in [3.8, 4) is 0 Å². The normalized spacial score (nSPS) is 11.9. The molecule has 0 heterocycles. The quantitative estimate of drug-likeness (QED) is 0.280. The topological polar surface area (TPSA) is 55.8 Å². The Morgan fingerprint density at radius 3 is 2.64 bits per heavy atom. The van der Waals surface area contributed by atoms with Gasteiger partial charge in [0.25, 0.3) is 0 Å². The van der Waals surface area contributed by atoms with Crippen molar-refractivity contribution in [1.29, 1.82) is 0 Å². The van der Waals surface area contributed by atoms with E-state index < -0.39 is 12.3 Å². The molecule has 1 atom stereocenters. The summed E-state index contributed by atoms with van der Waals surface area (Å²) < 4.78 is 8.92. The van der Waals surface area contributed by atoms with Crippen LogP contribution in [-0.4, -0.2) is 24.5 Å². The molecule has 64 valence electrons. The van der Waals surface area contributed by atoms with Gasteiger partial charge in [-0.1, -0.05) is 6.92 Å². The highest BCUT2D eigenvalue weighted by Crippen LogP contribution is 1.99. The summed E-state index contributed by atoms with van der Waals surface area (Å²) in [7, 11) is 1.31. The molecule has 0 saturated carbocycles. The predicted molar refractivity (Wildman–Crippen MR) is 38.5 cm³/mol. The second-order valence-corrected chi connectivity index (χ2v) is 1.90. The molecule has 0 aromatic rings. The standard InChI is InChI=1S/C7H12O4/c1-4-6(8)11-7(9)5(2)10-3/h6,8H,2,4H2,1,3H3. The van der Waals surface area contributed by atoms with E-state index in [1.165, 1.54) is 7.11 Å². The summed E-state index contributed by atoms with van der Waals surface area (Å²) >= 11 is 0. The zero-order valence-corrected chi connectivity index (χ0v) is 6.66. The van der Waals surface area contributed by atoms with Crippen LogP contribution in [0.4, 0.5) is 0 Å². The highest BCUT2D eigenvalue weighted by molar-refractivity contribution is 5.85. The summed E-state index contributed by atoms with van der Waals surface area (Å²) in [6.45, 7) is 4.94. The van der Waals surface area contributed by atoms with E-state index in [4.69, 9.17) is 5.11 Å². The van der Waals surface area contributed by atoms with Gasteiger partial charge < -0.3 is 14.6 Å². The third-order valence-electron chi connectivity index (χ3n) is 1.07. The molecule has 0 rings (SSSR count). The van der Waals surface area contributed by atoms with Crippen molar-refractivity contribution < 1.29 is 19.4 Å². The summed E-state index contributed by atoms with van der Waals surface area (Å²) in [5.41, 5.74) is 0. The van der Waals surface area contributed by atoms with Gasteiger partial charge in [0.1, 0.15) is 0 Å². The van der Waals surface area contributed by atoms with Gasteiger partial charge in [-0.2, -0.15) is 0 Å². The van der Waals surface area contributed by atoms with E-state index in [2.05, 4.69) is 16.1 Å². The van der Waals surface area contributed by atoms with E-state index in [9.17, 15) is 4.79 Å². The number of rotatable bonds is 4. The number of hydrogen-bond acceptors (Lipinski definition) is 4. The fourth-order valence-electron chi connectivity index (χ4n) is 0.356. The zero-order chi connectivity index (χ0) is 8.85. The summed E-state index contributed by atoms with van der Waals surface area (Å²) in [5.74, 6) is -0.848. The lowest BCUT2D eigenvalue weighted by Crippen LogP contribution is -2.18. The van der Waals surface area contributed by atoms with Crippen LogP contribution >= 0.6 is 0 Å². The number of ether oxygens (including phenoxy) is 2. The fraction of sp³-hybridized carbons (Fsp3) is 0.571. The van der Waals surface area contributed by atoms with Crippen molar-refractivity contribution in [3.05, 3.63) is 12.3 Å². The van der Waals surface area contributed by atoms with Crippen molar-refractivity contribution in [2.45, 2.75) is 19.6 Å². The number of aliphatic hydroxyl groups excluding tert-OH is 1. The molecule has 0 aliphatic rings. The number of methoxy groups -OCH3 is 1. The fourth-order valence-corrected chi connectivity index (χ4v) is 0.356. The molecule has 0 aromatic heterocycles. The SMILES string of the molecule is C=C(OC)C(=O)OC(O)CC. The van der Waals surface area contributed by atoms with E-state index >= 15 is 0 Å². The number of hydrogen-bond donors (Lipinski definition) is 1. The first-order chi connectivity index (χ1) is 5.11. The van der Waals surface area contributed by atoms with Crippen LogP contribution in [0.1, 0.15) is 13.3 Å². The first-order valence-electron chi connectivity index (χ1n) is 3.23. The minimum Gasteiger partial charge on any atom is -0.490 e. The molecule has 0 saturated heterocycles. The number of carbonyl (C=O) groups excluding carboxylic acids is 1. The average molecular weight is 160 g/mol. The van der Waals surface area contributed by atoms with Gasteiger partial charge in [0.15, 0.2) is 5.76 Å². The third-order valence-corrected chi connectivity index (χ3v) is 1.07. The lowest BCUT2D eigenvalue weighted by Gasteiger charge is -2.09. The Balaban J connectivity index is 3.77. The Hall–Kier alpha value is -1.03. The van der Waals surface area contributed by atoms with Crippen molar-refractivity contribution in [2.24, 2.45) is 0 Å². The predicted octanol–water partition coefficient (Wildman–Crippen LogP) is 0.418. The molecule has 0 bridgehead atoms. The van der Waals surface area contributed by atoms with Gasteiger partial charge >= 0.3 is 5.97 Å². The number of aliphatic hydroxyl groups is 1. The van der Waals surface area contributed by atoms with Gasteiger partial charge in [-0.05, 0) is 6.58 Å². The Kier molecular flexibility index (Phi) is 4.29. The van der Waals surface area contributed by atoms with Crippen molar-refractivity contribution in [3.63, 3.8) is 0 Å². The number of carbonyl (C=O) groups is 1. The second-order valence-electron chi connectivity index (χ2n) is 1.90. The van der Waals surface area contributed by atoms with Crippen LogP contribution in [0.2, 0.25) is 0 Å². The Morgan fingerprint density at radius 2 is 2.27 bits per heavy atom. The maximum atomic E-state index is 10.7. The van der Waals surface area contributed by atoms with Crippen molar-refractivity contribution >= 4 is 5.97 Å². The largest absolute Gasteiger partial charge is 0.490 e. The van der Waals surface area contributed by atoms with Crippen LogP contribution in [0.3, 0.4) is 0 Å². The molecule has 4 heteroatoms. The van der Waals surface area contributed by atoms with Crippen molar-refractivity contribution in [1.82, 2.24) is 0 Å². The van der Waals surface area contributed by atoms with E-state index in [0.717, 1.165) is 0 Å². The molecule has 4 nitrogen and oxygen atoms in total. The maximum absolute atomic E-state index is 10.7. The first-order valence-corrected chi connectivity index (χ1v) is 3.23. The van der Waals surface area contributed by atoms with Gasteiger partial charge in [0, 0.05) is 6.42 Å². The monoisotopic (exact) mass is 160 g/mol. The summed E-state index contributed by atoms with van der Waals surface area (Å²) in [6, 6.07) is 0. The summed E-state index contributed by atoms with van der Waals surface area (Å²) in [6.07, 6.45) is -0.725. The van der Waals surface area contributed by atoms with Crippen LogP contribution in [0.15, 0.2) is 12.3 Å². The molecule has 11 heavy (non-hydrogen) atoms. The van der Waals surface area contributed by atoms with Gasteiger partial charge in [-0.15, -0.1) is 0 Å². The molecule has 0 radical (unpaired) electrons. The van der Waals surface area contributed by atoms with E-state index in [1.807, 2.05) is 0 Å². The summed E-state index contributed by atoms with van der Waals surface area (Å²) in [4.78, 5) is 10.7. The van der Waals surface area contributed by atoms with Crippen LogP contribution in [0.25, 0.3) is 0 Å². The molecule has 0 spiro atoms. The molecule has 1 N–H and O–H groups in total. The highest BCUT2D eigenvalue weighted by Gasteiger charge is 2.12. The molecule has 0 aliphatic carbocycles. The van der Waals surface area contributed by atoms with Crippen LogP contribution in [0, 0.1) is 0 Å². The lowest BCUT2D eigenvalue weighted by molar-refractivity contribution is -0.166. The Labute approximate surface area is 65.4 Å². The van der Waals surface area contributed by atoms with Crippen LogP contribution in [-0.2, 0) is 14.3 Å². The van der Waals surface area contributed by atoms with Gasteiger partial charge in [0.2, 0.25) is 6.29 Å². The van der Waals surface area contributed by atoms with Crippen LogP contribution < -0.4 is 0 Å². The van der Waals surface area contributed by atoms with Gasteiger partial charge in [-0.3, -0.25) is 0 Å². The van der Waals surface area contributed by atoms with Gasteiger partial charge in [0.05, 0.1) is 7.11 Å². The number of esters is 1. The smallest absolute Gasteiger partial charge is 0.375 e. The molecular weight excluding hydrogens is 148 g/mol. The summed E-state index contributed by atoms with van der Waals surface area (Å²) in [5, 5.41) is 8.83. The molecule has 0 amide bonds. The second kappa shape index (κ2) is 4.73. The molecule has 1 unspecified atom stereocenters. The molecule has 0 aromatic carbocycles. The Bertz CT molecular complexity index is 153. The highest BCUT2D eigenvalue weighted by atomic mass is 16.6. The third kappa shape index (κ3) is 3.62. The minimum absolute atomic E-state index is 0.113. The van der Waals surface area contributed by atoms with Crippen molar-refractivity contribution in [2.75, 3.05) is 7.11 Å². The van der Waals surface area contributed by atoms with E-state index in [0.29, 0.717) is 6.42 Å². The Morgan fingerprint density at radius 1 is 1.73 bits per heavy atom. The first kappa shape index (κ1) is 9.97. The van der Waals surface area contributed by atoms with E-state index in [-0.39, 0.29) is 5.76 Å². The average Bonchev–Trinajstić information content (AvgIpc) is 2.02. The molecule has 0 fully saturated rings. The lowest BCUT2D eigenvalue weighted by atomic mass is 10.5. The molecule has 0 aliphatic heterocycles. The maximum Gasteiger partial charge on any atom is 0.375 e.